The number of hydrogen-bond acceptors (Lipinski definition) is 10. The maximum Gasteiger partial charge on any atom is 0.348 e. The van der Waals surface area contributed by atoms with Crippen LogP contribution in [0.1, 0.15) is 49.5 Å². The average Bonchev–Trinajstić information content (AvgIpc) is 3.42. The molecule has 0 saturated heterocycles. The largest absolute Gasteiger partial charge is 0.485 e. The first-order chi connectivity index (χ1) is 17.2. The van der Waals surface area contributed by atoms with Crippen LogP contribution < -0.4 is 10.1 Å². The van der Waals surface area contributed by atoms with Crippen LogP contribution in [0, 0.1) is 20.8 Å². The van der Waals surface area contributed by atoms with Gasteiger partial charge in [-0.1, -0.05) is 23.9 Å². The molecule has 1 aromatic carbocycles. The van der Waals surface area contributed by atoms with E-state index in [1.165, 1.54) is 26.0 Å². The predicted molar refractivity (Wildman–Crippen MR) is 137 cm³/mol. The highest BCUT2D eigenvalue weighted by Crippen LogP contribution is 2.34. The third-order valence-corrected chi connectivity index (χ3v) is 7.67. The predicted octanol–water partition coefficient (Wildman–Crippen LogP) is 4.17. The van der Waals surface area contributed by atoms with Crippen molar-refractivity contribution in [2.24, 2.45) is 0 Å². The second-order valence-corrected chi connectivity index (χ2v) is 9.67. The maximum absolute atomic E-state index is 12.7. The summed E-state index contributed by atoms with van der Waals surface area (Å²) < 4.78 is 17.4. The van der Waals surface area contributed by atoms with Gasteiger partial charge in [-0.15, -0.1) is 21.5 Å². The standard InChI is InChI=1S/C24H28N4O6S2/c1-7-28-17(11-34-16-10-8-9-13(2)14(16)3)26-27-24(28)35-12-18(29)25-21-19(22(30)32-5)15(4)20(36-21)23(31)33-6/h8-10H,7,11-12H2,1-6H3,(H,25,29). The Hall–Kier alpha value is -3.38. The molecule has 12 heteroatoms. The molecule has 1 N–H and O–H groups in total. The normalized spacial score (nSPS) is 10.7. The van der Waals surface area contributed by atoms with Gasteiger partial charge in [0.25, 0.3) is 0 Å². The number of thiophene rings is 1. The van der Waals surface area contributed by atoms with E-state index in [1.807, 2.05) is 43.5 Å². The van der Waals surface area contributed by atoms with Crippen LogP contribution in [0.25, 0.3) is 0 Å². The molecule has 0 bridgehead atoms. The summed E-state index contributed by atoms with van der Waals surface area (Å²) in [6, 6.07) is 5.88. The van der Waals surface area contributed by atoms with E-state index < -0.39 is 11.9 Å². The quantitative estimate of drug-likeness (QED) is 0.303. The molecular formula is C24H28N4O6S2. The van der Waals surface area contributed by atoms with E-state index in [0.717, 1.165) is 28.2 Å². The molecule has 0 aliphatic heterocycles. The van der Waals surface area contributed by atoms with Gasteiger partial charge in [0, 0.05) is 6.54 Å². The molecule has 0 aliphatic carbocycles. The lowest BCUT2D eigenvalue weighted by Gasteiger charge is -2.11. The lowest BCUT2D eigenvalue weighted by molar-refractivity contribution is -0.113. The van der Waals surface area contributed by atoms with Crippen molar-refractivity contribution in [3.63, 3.8) is 0 Å². The Bertz CT molecular complexity index is 1280. The van der Waals surface area contributed by atoms with Crippen LogP contribution in [0.4, 0.5) is 5.00 Å². The Morgan fingerprint density at radius 1 is 1.06 bits per heavy atom. The number of thioether (sulfide) groups is 1. The molecule has 0 aliphatic rings. The van der Waals surface area contributed by atoms with Crippen LogP contribution in [0.2, 0.25) is 0 Å². The lowest BCUT2D eigenvalue weighted by atomic mass is 10.1. The van der Waals surface area contributed by atoms with Gasteiger partial charge in [0.1, 0.15) is 22.2 Å². The number of esters is 2. The summed E-state index contributed by atoms with van der Waals surface area (Å²) in [7, 11) is 2.48. The van der Waals surface area contributed by atoms with Gasteiger partial charge in [0.05, 0.1) is 25.5 Å². The molecule has 2 aromatic heterocycles. The second-order valence-electron chi connectivity index (χ2n) is 7.71. The molecule has 0 spiro atoms. The fourth-order valence-electron chi connectivity index (χ4n) is 3.40. The highest BCUT2D eigenvalue weighted by molar-refractivity contribution is 7.99. The van der Waals surface area contributed by atoms with Gasteiger partial charge in [-0.05, 0) is 50.5 Å². The number of ether oxygens (including phenoxy) is 3. The molecule has 0 fully saturated rings. The Kier molecular flexibility index (Phi) is 9.10. The van der Waals surface area contributed by atoms with E-state index in [-0.39, 0.29) is 33.7 Å². The Labute approximate surface area is 217 Å². The van der Waals surface area contributed by atoms with Gasteiger partial charge < -0.3 is 24.1 Å². The highest BCUT2D eigenvalue weighted by Gasteiger charge is 2.27. The zero-order valence-electron chi connectivity index (χ0n) is 21.0. The minimum atomic E-state index is -0.652. The summed E-state index contributed by atoms with van der Waals surface area (Å²) in [6.45, 7) is 8.43. The van der Waals surface area contributed by atoms with Crippen LogP contribution in [0.15, 0.2) is 23.4 Å². The van der Waals surface area contributed by atoms with Gasteiger partial charge in [0.2, 0.25) is 5.91 Å². The Balaban J connectivity index is 1.69. The van der Waals surface area contributed by atoms with E-state index in [0.29, 0.717) is 23.1 Å². The summed E-state index contributed by atoms with van der Waals surface area (Å²) >= 11 is 2.17. The van der Waals surface area contributed by atoms with E-state index in [2.05, 4.69) is 15.5 Å². The van der Waals surface area contributed by atoms with Crippen molar-refractivity contribution >= 4 is 45.9 Å². The zero-order valence-corrected chi connectivity index (χ0v) is 22.6. The average molecular weight is 533 g/mol. The fraction of sp³-hybridized carbons (Fsp3) is 0.375. The van der Waals surface area contributed by atoms with Gasteiger partial charge in [0.15, 0.2) is 11.0 Å². The number of methoxy groups -OCH3 is 2. The van der Waals surface area contributed by atoms with Crippen molar-refractivity contribution in [2.75, 3.05) is 25.3 Å². The molecule has 10 nitrogen and oxygen atoms in total. The number of aryl methyl sites for hydroxylation is 1. The Morgan fingerprint density at radius 2 is 1.78 bits per heavy atom. The maximum atomic E-state index is 12.7. The van der Waals surface area contributed by atoms with Crippen molar-refractivity contribution in [1.82, 2.24) is 14.8 Å². The van der Waals surface area contributed by atoms with Crippen molar-refractivity contribution in [2.45, 2.75) is 46.0 Å². The van der Waals surface area contributed by atoms with Crippen molar-refractivity contribution < 1.29 is 28.6 Å². The zero-order chi connectivity index (χ0) is 26.4. The van der Waals surface area contributed by atoms with Crippen LogP contribution in [-0.2, 0) is 27.4 Å². The number of benzene rings is 1. The summed E-state index contributed by atoms with van der Waals surface area (Å²) in [5.74, 6) is -0.174. The molecule has 1 amide bonds. The minimum Gasteiger partial charge on any atom is -0.485 e. The summed E-state index contributed by atoms with van der Waals surface area (Å²) in [4.78, 5) is 37.3. The lowest BCUT2D eigenvalue weighted by Crippen LogP contribution is -2.16. The third kappa shape index (κ3) is 5.88. The number of anilines is 1. The number of nitrogens with zero attached hydrogens (tertiary/aromatic N) is 3. The molecule has 2 heterocycles. The number of carbonyl (C=O) groups is 3. The van der Waals surface area contributed by atoms with E-state index >= 15 is 0 Å². The van der Waals surface area contributed by atoms with Gasteiger partial charge >= 0.3 is 11.9 Å². The smallest absolute Gasteiger partial charge is 0.348 e. The number of nitrogens with one attached hydrogen (secondary N) is 1. The van der Waals surface area contributed by atoms with Gasteiger partial charge in [-0.25, -0.2) is 9.59 Å². The van der Waals surface area contributed by atoms with E-state index in [9.17, 15) is 14.4 Å². The van der Waals surface area contributed by atoms with Crippen LogP contribution >= 0.6 is 23.1 Å². The third-order valence-electron chi connectivity index (χ3n) is 5.51. The van der Waals surface area contributed by atoms with Gasteiger partial charge in [-0.3, -0.25) is 4.79 Å². The number of hydrogen-bond donors (Lipinski definition) is 1. The molecule has 0 atom stereocenters. The van der Waals surface area contributed by atoms with E-state index in [1.54, 1.807) is 6.92 Å². The van der Waals surface area contributed by atoms with Crippen LogP contribution in [0.5, 0.6) is 5.75 Å². The molecule has 0 saturated carbocycles. The molecule has 3 aromatic rings. The fourth-order valence-corrected chi connectivity index (χ4v) is 5.35. The first-order valence-corrected chi connectivity index (χ1v) is 12.9. The number of carbonyl (C=O) groups excluding carboxylic acids is 3. The summed E-state index contributed by atoms with van der Waals surface area (Å²) in [5, 5.41) is 11.9. The monoisotopic (exact) mass is 532 g/mol. The molecule has 3 rings (SSSR count). The van der Waals surface area contributed by atoms with Crippen molar-refractivity contribution in [3.8, 4) is 5.75 Å². The second kappa shape index (κ2) is 12.0. The summed E-state index contributed by atoms with van der Waals surface area (Å²) in [6.07, 6.45) is 0. The minimum absolute atomic E-state index is 0.0150. The van der Waals surface area contributed by atoms with Crippen molar-refractivity contribution in [3.05, 3.63) is 51.2 Å². The van der Waals surface area contributed by atoms with Crippen LogP contribution in [-0.4, -0.2) is 52.6 Å². The van der Waals surface area contributed by atoms with Crippen LogP contribution in [0.3, 0.4) is 0 Å². The molecule has 0 unspecified atom stereocenters. The van der Waals surface area contributed by atoms with E-state index in [4.69, 9.17) is 14.2 Å². The first-order valence-electron chi connectivity index (χ1n) is 11.0. The number of aromatic nitrogens is 3. The molecular weight excluding hydrogens is 504 g/mol. The molecule has 192 valence electrons. The number of amides is 1. The highest BCUT2D eigenvalue weighted by atomic mass is 32.2. The Morgan fingerprint density at radius 3 is 2.44 bits per heavy atom. The van der Waals surface area contributed by atoms with Crippen molar-refractivity contribution in [1.29, 1.82) is 0 Å². The van der Waals surface area contributed by atoms with Gasteiger partial charge in [-0.2, -0.15) is 0 Å². The first kappa shape index (κ1) is 27.2. The molecule has 0 radical (unpaired) electrons. The number of rotatable bonds is 10. The summed E-state index contributed by atoms with van der Waals surface area (Å²) in [5.41, 5.74) is 2.73. The topological polar surface area (TPSA) is 122 Å². The SMILES string of the molecule is CCn1c(COc2cccc(C)c2C)nnc1SCC(=O)Nc1sc(C(=O)OC)c(C)c1C(=O)OC. The molecule has 36 heavy (non-hydrogen) atoms.